The molecule has 1 aromatic rings. The zero-order valence-corrected chi connectivity index (χ0v) is 11.7. The molecule has 1 rings (SSSR count). The molecule has 0 aliphatic heterocycles. The predicted octanol–water partition coefficient (Wildman–Crippen LogP) is 2.54. The van der Waals surface area contributed by atoms with Crippen LogP contribution in [0.2, 0.25) is 5.48 Å². The first-order valence-corrected chi connectivity index (χ1v) is 20.5. The molecule has 1 heterocycles. The molecule has 0 aliphatic rings. The summed E-state index contributed by atoms with van der Waals surface area (Å²) in [5, 5.41) is 0. The van der Waals surface area contributed by atoms with Gasteiger partial charge in [0.25, 0.3) is 0 Å². The first-order valence-electron chi connectivity index (χ1n) is 2.29. The van der Waals surface area contributed by atoms with Gasteiger partial charge in [0.05, 0.1) is 0 Å². The predicted molar refractivity (Wildman–Crippen MR) is 54.3 cm³/mol. The molecule has 4 heteroatoms. The molecule has 0 bridgehead atoms. The monoisotopic (exact) mass is 527 g/mol. The van der Waals surface area contributed by atoms with Crippen LogP contribution in [0.25, 0.3) is 0 Å². The summed E-state index contributed by atoms with van der Waals surface area (Å²) >= 11 is 5.18. The zero-order valence-electron chi connectivity index (χ0n) is 4.84. The quantitative estimate of drug-likeness (QED) is 0.544. The van der Waals surface area contributed by atoms with Crippen molar-refractivity contribution in [1.82, 2.24) is 4.98 Å². The average molecular weight is 525 g/mol. The average Bonchev–Trinajstić information content (AvgIpc) is 2.08. The van der Waals surface area contributed by atoms with Crippen molar-refractivity contribution in [3.05, 3.63) is 18.3 Å². The van der Waals surface area contributed by atoms with E-state index in [2.05, 4.69) is 61.9 Å². The summed E-state index contributed by atoms with van der Waals surface area (Å²) in [6, 6.07) is 4.25. The number of aromatic nitrogens is 1. The van der Waals surface area contributed by atoms with Crippen LogP contribution in [0.1, 0.15) is 0 Å². The van der Waals surface area contributed by atoms with Crippen LogP contribution in [-0.4, -0.2) is 4.98 Å². The van der Waals surface area contributed by atoms with Gasteiger partial charge in [-0.25, -0.2) is 0 Å². The van der Waals surface area contributed by atoms with Gasteiger partial charge in [0, 0.05) is 0 Å². The Balaban J connectivity index is 2.90. The third-order valence-corrected chi connectivity index (χ3v) is 10.8. The van der Waals surface area contributed by atoms with Crippen LogP contribution in [0.5, 0.6) is 0 Å². The van der Waals surface area contributed by atoms with Crippen LogP contribution in [0, 0.1) is 0 Å². The summed E-state index contributed by atoms with van der Waals surface area (Å²) in [5.41, 5.74) is 2.36. The summed E-state index contributed by atoms with van der Waals surface area (Å²) in [6.07, 6.45) is 2.00. The number of aromatic amines is 1. The summed E-state index contributed by atoms with van der Waals surface area (Å²) in [4.78, 5) is 3.25. The SMILES string of the molecule is [CH3][Os]([I])([I])[c]1ccc[nH]1. The molecule has 0 fully saturated rings. The van der Waals surface area contributed by atoms with Gasteiger partial charge in [-0.3, -0.25) is 0 Å². The molecule has 9 heavy (non-hydrogen) atoms. The topological polar surface area (TPSA) is 15.8 Å². The summed E-state index contributed by atoms with van der Waals surface area (Å²) in [6.45, 7) is 0. The van der Waals surface area contributed by atoms with E-state index in [0.717, 1.165) is 0 Å². The second-order valence-electron chi connectivity index (χ2n) is 1.63. The van der Waals surface area contributed by atoms with E-state index in [1.807, 2.05) is 6.20 Å². The van der Waals surface area contributed by atoms with E-state index in [0.29, 0.717) is 0 Å². The first-order chi connectivity index (χ1) is 4.11. The van der Waals surface area contributed by atoms with Crippen molar-refractivity contribution in [1.29, 1.82) is 0 Å². The Bertz CT molecular complexity index is 177. The van der Waals surface area contributed by atoms with E-state index < -0.39 is 7.93 Å². The van der Waals surface area contributed by atoms with Crippen molar-refractivity contribution >= 4 is 43.6 Å². The summed E-state index contributed by atoms with van der Waals surface area (Å²) < 4.78 is 1.46. The van der Waals surface area contributed by atoms with E-state index >= 15 is 0 Å². The number of halogens is 2. The normalized spacial score (nSPS) is 13.7. The second-order valence-corrected chi connectivity index (χ2v) is 44.4. The van der Waals surface area contributed by atoms with Crippen LogP contribution >= 0.6 is 39.3 Å². The molecule has 54 valence electrons. The number of rotatable bonds is 1. The Hall–Kier alpha value is 1.38. The van der Waals surface area contributed by atoms with Gasteiger partial charge >= 0.3 is 80.3 Å². The standard InChI is InChI=1S/C4H4N.CH3.2HI.Os/c1-2-4-5-3-1;;;;/h1-3,5H;1H3;2*1H;/q;;;;+2/p-2. The van der Waals surface area contributed by atoms with E-state index in [1.165, 1.54) is 4.25 Å². The van der Waals surface area contributed by atoms with Crippen molar-refractivity contribution in [3.8, 4) is 0 Å². The maximum absolute atomic E-state index is 3.25. The first kappa shape index (κ1) is 8.47. The van der Waals surface area contributed by atoms with E-state index in [9.17, 15) is 0 Å². The molecule has 0 aromatic carbocycles. The van der Waals surface area contributed by atoms with Gasteiger partial charge in [-0.05, 0) is 0 Å². The van der Waals surface area contributed by atoms with Crippen LogP contribution < -0.4 is 4.25 Å². The number of hydrogen-bond donors (Lipinski definition) is 1. The summed E-state index contributed by atoms with van der Waals surface area (Å²) in [5.74, 6) is 0. The van der Waals surface area contributed by atoms with E-state index in [4.69, 9.17) is 0 Å². The molecule has 0 saturated carbocycles. The third kappa shape index (κ3) is 2.47. The molecule has 1 nitrogen and oxygen atoms in total. The van der Waals surface area contributed by atoms with Gasteiger partial charge in [0.2, 0.25) is 0 Å². The van der Waals surface area contributed by atoms with Crippen LogP contribution in [0.4, 0.5) is 0 Å². The summed E-state index contributed by atoms with van der Waals surface area (Å²) in [7, 11) is -1.62. The third-order valence-electron chi connectivity index (χ3n) is 0.887. The van der Waals surface area contributed by atoms with Crippen LogP contribution in [-0.2, 0) is 7.93 Å². The van der Waals surface area contributed by atoms with Crippen molar-refractivity contribution in [2.24, 2.45) is 0 Å². The Morgan fingerprint density at radius 3 is 2.44 bits per heavy atom. The molecule has 0 radical (unpaired) electrons. The fourth-order valence-electron chi connectivity index (χ4n) is 0.497. The van der Waals surface area contributed by atoms with Gasteiger partial charge < -0.3 is 0 Å². The number of nitrogens with one attached hydrogen (secondary N) is 1. The van der Waals surface area contributed by atoms with Crippen LogP contribution in [0.3, 0.4) is 0 Å². The molecular formula is C5H7I2NOs. The van der Waals surface area contributed by atoms with E-state index in [-0.39, 0.29) is 0 Å². The Morgan fingerprint density at radius 2 is 2.22 bits per heavy atom. The second kappa shape index (κ2) is 3.18. The fourth-order valence-corrected chi connectivity index (χ4v) is 6.22. The van der Waals surface area contributed by atoms with Gasteiger partial charge in [-0.2, -0.15) is 0 Å². The molecule has 1 N–H and O–H groups in total. The van der Waals surface area contributed by atoms with Crippen molar-refractivity contribution in [2.45, 2.75) is 5.48 Å². The molecule has 0 atom stereocenters. The number of hydrogen-bond acceptors (Lipinski definition) is 0. The minimum atomic E-state index is -1.62. The van der Waals surface area contributed by atoms with Gasteiger partial charge in [0.1, 0.15) is 0 Å². The maximum atomic E-state index is 3.25. The molecular weight excluding hydrogens is 518 g/mol. The van der Waals surface area contributed by atoms with Gasteiger partial charge in [0.15, 0.2) is 0 Å². The minimum absolute atomic E-state index is 1.46. The fraction of sp³-hybridized carbons (Fsp3) is 0.200. The Kier molecular flexibility index (Phi) is 3.00. The zero-order chi connectivity index (χ0) is 6.91. The number of H-pyrrole nitrogens is 1. The molecule has 0 saturated heterocycles. The molecule has 0 amide bonds. The van der Waals surface area contributed by atoms with Crippen molar-refractivity contribution in [3.63, 3.8) is 0 Å². The van der Waals surface area contributed by atoms with Gasteiger partial charge in [-0.15, -0.1) is 0 Å². The molecule has 0 aliphatic carbocycles. The molecule has 1 aromatic heterocycles. The van der Waals surface area contributed by atoms with E-state index in [1.54, 1.807) is 0 Å². The van der Waals surface area contributed by atoms with Crippen molar-refractivity contribution < 1.29 is 7.93 Å². The molecule has 0 unspecified atom stereocenters. The van der Waals surface area contributed by atoms with Gasteiger partial charge in [-0.1, -0.05) is 0 Å². The van der Waals surface area contributed by atoms with Crippen molar-refractivity contribution in [2.75, 3.05) is 0 Å². The van der Waals surface area contributed by atoms with Crippen LogP contribution in [0.15, 0.2) is 18.3 Å². The molecule has 0 spiro atoms. The Labute approximate surface area is 79.1 Å². The Morgan fingerprint density at radius 1 is 1.56 bits per heavy atom.